The molecule has 4 nitrogen and oxygen atoms in total. The van der Waals surface area contributed by atoms with E-state index >= 15 is 0 Å². The number of carbonyl (C=O) groups is 1. The van der Waals surface area contributed by atoms with Gasteiger partial charge in [0.05, 0.1) is 12.8 Å². The summed E-state index contributed by atoms with van der Waals surface area (Å²) >= 11 is 5.92. The van der Waals surface area contributed by atoms with E-state index in [-0.39, 0.29) is 5.91 Å². The van der Waals surface area contributed by atoms with Crippen molar-refractivity contribution in [2.24, 2.45) is 0 Å². The van der Waals surface area contributed by atoms with Gasteiger partial charge in [-0.25, -0.2) is 0 Å². The summed E-state index contributed by atoms with van der Waals surface area (Å²) in [6.45, 7) is 1.92. The minimum Gasteiger partial charge on any atom is -0.467 e. The van der Waals surface area contributed by atoms with Gasteiger partial charge < -0.3 is 15.1 Å². The molecule has 112 valence electrons. The van der Waals surface area contributed by atoms with Crippen LogP contribution in [0.4, 0.5) is 0 Å². The highest BCUT2D eigenvalue weighted by molar-refractivity contribution is 6.30. The van der Waals surface area contributed by atoms with Crippen molar-refractivity contribution in [3.8, 4) is 0 Å². The maximum Gasteiger partial charge on any atom is 0.221 e. The lowest BCUT2D eigenvalue weighted by molar-refractivity contribution is -0.121. The van der Waals surface area contributed by atoms with Crippen LogP contribution in [0.15, 0.2) is 47.1 Å². The van der Waals surface area contributed by atoms with E-state index in [9.17, 15) is 4.79 Å². The largest absolute Gasteiger partial charge is 0.467 e. The third-order valence-corrected chi connectivity index (χ3v) is 3.28. The molecule has 0 fully saturated rings. The van der Waals surface area contributed by atoms with Gasteiger partial charge in [-0.1, -0.05) is 23.7 Å². The predicted molar refractivity (Wildman–Crippen MR) is 83.2 cm³/mol. The van der Waals surface area contributed by atoms with Crippen molar-refractivity contribution in [2.45, 2.75) is 19.4 Å². The van der Waals surface area contributed by atoms with Crippen LogP contribution >= 0.6 is 11.6 Å². The molecule has 5 heteroatoms. The zero-order valence-corrected chi connectivity index (χ0v) is 12.5. The van der Waals surface area contributed by atoms with Gasteiger partial charge in [-0.2, -0.15) is 0 Å². The molecule has 1 heterocycles. The Morgan fingerprint density at radius 2 is 2.10 bits per heavy atom. The maximum atomic E-state index is 11.6. The van der Waals surface area contributed by atoms with E-state index in [1.807, 2.05) is 30.3 Å². The van der Waals surface area contributed by atoms with E-state index in [0.29, 0.717) is 19.5 Å². The van der Waals surface area contributed by atoms with Crippen molar-refractivity contribution >= 4 is 17.5 Å². The SMILES string of the molecule is O=C(CCNCCc1cccc(Cl)c1)NCc1ccco1. The van der Waals surface area contributed by atoms with E-state index in [1.54, 1.807) is 12.3 Å². The Morgan fingerprint density at radius 1 is 1.19 bits per heavy atom. The first-order valence-corrected chi connectivity index (χ1v) is 7.36. The number of amides is 1. The Morgan fingerprint density at radius 3 is 2.86 bits per heavy atom. The van der Waals surface area contributed by atoms with Crippen LogP contribution in [-0.2, 0) is 17.8 Å². The lowest BCUT2D eigenvalue weighted by Gasteiger charge is -2.06. The lowest BCUT2D eigenvalue weighted by Crippen LogP contribution is -2.28. The van der Waals surface area contributed by atoms with Gasteiger partial charge in [0, 0.05) is 18.0 Å². The number of rotatable bonds is 8. The molecule has 1 aromatic heterocycles. The van der Waals surface area contributed by atoms with Crippen LogP contribution in [0, 0.1) is 0 Å². The standard InChI is InChI=1S/C16H19ClN2O2/c17-14-4-1-3-13(11-14)6-8-18-9-7-16(20)19-12-15-5-2-10-21-15/h1-5,10-11,18H,6-9,12H2,(H,19,20). The second-order valence-electron chi connectivity index (χ2n) is 4.74. The van der Waals surface area contributed by atoms with Gasteiger partial charge in [-0.15, -0.1) is 0 Å². The van der Waals surface area contributed by atoms with Gasteiger partial charge in [-0.05, 0) is 42.8 Å². The number of furan rings is 1. The van der Waals surface area contributed by atoms with Crippen molar-refractivity contribution in [1.82, 2.24) is 10.6 Å². The number of hydrogen-bond donors (Lipinski definition) is 2. The molecule has 0 spiro atoms. The Kier molecular flexibility index (Phi) is 6.31. The molecule has 0 atom stereocenters. The Balaban J connectivity index is 1.54. The molecule has 0 saturated heterocycles. The van der Waals surface area contributed by atoms with Crippen LogP contribution in [0.2, 0.25) is 5.02 Å². The van der Waals surface area contributed by atoms with Gasteiger partial charge in [0.1, 0.15) is 5.76 Å². The Labute approximate surface area is 129 Å². The zero-order chi connectivity index (χ0) is 14.9. The first kappa shape index (κ1) is 15.6. The summed E-state index contributed by atoms with van der Waals surface area (Å²) in [5.74, 6) is 0.777. The average molecular weight is 307 g/mol. The molecule has 0 aliphatic heterocycles. The molecule has 0 radical (unpaired) electrons. The number of nitrogens with one attached hydrogen (secondary N) is 2. The fourth-order valence-corrected chi connectivity index (χ4v) is 2.15. The Hall–Kier alpha value is -1.78. The van der Waals surface area contributed by atoms with Crippen LogP contribution in [0.25, 0.3) is 0 Å². The second-order valence-corrected chi connectivity index (χ2v) is 5.17. The monoisotopic (exact) mass is 306 g/mol. The minimum atomic E-state index is 0.0154. The molecule has 0 unspecified atom stereocenters. The first-order chi connectivity index (χ1) is 10.2. The summed E-state index contributed by atoms with van der Waals surface area (Å²) in [7, 11) is 0. The molecule has 2 N–H and O–H groups in total. The van der Waals surface area contributed by atoms with Crippen LogP contribution in [0.3, 0.4) is 0 Å². The van der Waals surface area contributed by atoms with E-state index in [4.69, 9.17) is 16.0 Å². The highest BCUT2D eigenvalue weighted by atomic mass is 35.5. The third-order valence-electron chi connectivity index (χ3n) is 3.05. The molecule has 1 aromatic carbocycles. The summed E-state index contributed by atoms with van der Waals surface area (Å²) in [5, 5.41) is 6.82. The molecule has 0 aliphatic carbocycles. The molecule has 0 bridgehead atoms. The van der Waals surface area contributed by atoms with Gasteiger partial charge in [0.25, 0.3) is 0 Å². The minimum absolute atomic E-state index is 0.0154. The van der Waals surface area contributed by atoms with Crippen molar-refractivity contribution in [3.63, 3.8) is 0 Å². The van der Waals surface area contributed by atoms with E-state index < -0.39 is 0 Å². The third kappa shape index (κ3) is 6.02. The zero-order valence-electron chi connectivity index (χ0n) is 11.8. The molecule has 21 heavy (non-hydrogen) atoms. The van der Waals surface area contributed by atoms with Gasteiger partial charge >= 0.3 is 0 Å². The smallest absolute Gasteiger partial charge is 0.221 e. The van der Waals surface area contributed by atoms with Crippen LogP contribution < -0.4 is 10.6 Å². The normalized spacial score (nSPS) is 10.5. The van der Waals surface area contributed by atoms with Crippen molar-refractivity contribution < 1.29 is 9.21 Å². The van der Waals surface area contributed by atoms with Gasteiger partial charge in [0.2, 0.25) is 5.91 Å². The quantitative estimate of drug-likeness (QED) is 0.737. The summed E-state index contributed by atoms with van der Waals surface area (Å²) in [5.41, 5.74) is 1.19. The molecule has 2 rings (SSSR count). The molecule has 1 amide bonds. The molecule has 2 aromatic rings. The molecule has 0 saturated carbocycles. The molecule has 0 aliphatic rings. The van der Waals surface area contributed by atoms with E-state index in [2.05, 4.69) is 10.6 Å². The van der Waals surface area contributed by atoms with Crippen molar-refractivity contribution in [2.75, 3.05) is 13.1 Å². The van der Waals surface area contributed by atoms with Crippen molar-refractivity contribution in [1.29, 1.82) is 0 Å². The lowest BCUT2D eigenvalue weighted by atomic mass is 10.1. The number of halogens is 1. The summed E-state index contributed by atoms with van der Waals surface area (Å²) < 4.78 is 5.14. The highest BCUT2D eigenvalue weighted by Gasteiger charge is 2.02. The van der Waals surface area contributed by atoms with Gasteiger partial charge in [0.15, 0.2) is 0 Å². The maximum absolute atomic E-state index is 11.6. The summed E-state index contributed by atoms with van der Waals surface area (Å²) in [4.78, 5) is 11.6. The predicted octanol–water partition coefficient (Wildman–Crippen LogP) is 2.77. The molecular formula is C16H19ClN2O2. The average Bonchev–Trinajstić information content (AvgIpc) is 2.98. The second kappa shape index (κ2) is 8.49. The topological polar surface area (TPSA) is 54.3 Å². The number of carbonyl (C=O) groups excluding carboxylic acids is 1. The van der Waals surface area contributed by atoms with Crippen molar-refractivity contribution in [3.05, 3.63) is 59.0 Å². The summed E-state index contributed by atoms with van der Waals surface area (Å²) in [6.07, 6.45) is 2.95. The highest BCUT2D eigenvalue weighted by Crippen LogP contribution is 2.10. The summed E-state index contributed by atoms with van der Waals surface area (Å²) in [6, 6.07) is 11.5. The fourth-order valence-electron chi connectivity index (χ4n) is 1.94. The van der Waals surface area contributed by atoms with Gasteiger partial charge in [-0.3, -0.25) is 4.79 Å². The first-order valence-electron chi connectivity index (χ1n) is 6.98. The number of benzene rings is 1. The molecular weight excluding hydrogens is 288 g/mol. The van der Waals surface area contributed by atoms with E-state index in [1.165, 1.54) is 5.56 Å². The number of hydrogen-bond acceptors (Lipinski definition) is 3. The van der Waals surface area contributed by atoms with Crippen LogP contribution in [0.5, 0.6) is 0 Å². The Bertz CT molecular complexity index is 555. The van der Waals surface area contributed by atoms with Crippen LogP contribution in [0.1, 0.15) is 17.7 Å². The van der Waals surface area contributed by atoms with E-state index in [0.717, 1.165) is 23.7 Å². The van der Waals surface area contributed by atoms with Crippen LogP contribution in [-0.4, -0.2) is 19.0 Å². The fraction of sp³-hybridized carbons (Fsp3) is 0.312.